The Bertz CT molecular complexity index is 319. The third kappa shape index (κ3) is 2.34. The van der Waals surface area contributed by atoms with Crippen LogP contribution in [-0.2, 0) is 5.33 Å². The maximum absolute atomic E-state index is 12.9. The summed E-state index contributed by atoms with van der Waals surface area (Å²) in [7, 11) is 0. The van der Waals surface area contributed by atoms with Gasteiger partial charge in [0.15, 0.2) is 0 Å². The second kappa shape index (κ2) is 4.28. The van der Waals surface area contributed by atoms with Crippen LogP contribution in [-0.4, -0.2) is 4.98 Å². The second-order valence-electron chi connectivity index (χ2n) is 2.24. The Morgan fingerprint density at radius 3 is 2.62 bits per heavy atom. The fourth-order valence-corrected chi connectivity index (χ4v) is 1.41. The fourth-order valence-electron chi connectivity index (χ4n) is 0.764. The molecular weight excluding hydrogens is 270 g/mol. The lowest BCUT2D eigenvalue weighted by Gasteiger charge is -2.04. The molecule has 0 aliphatic carbocycles. The Labute approximate surface area is 86.0 Å². The first-order valence-electron chi connectivity index (χ1n) is 3.25. The molecular formula is C7H4BrClF3N. The molecule has 0 saturated heterocycles. The molecule has 0 aromatic carbocycles. The van der Waals surface area contributed by atoms with E-state index in [1.54, 1.807) is 0 Å². The SMILES string of the molecule is Fc1nc(C(F)F)c(Cl)cc1CBr. The van der Waals surface area contributed by atoms with Gasteiger partial charge in [0.25, 0.3) is 6.43 Å². The minimum Gasteiger partial charge on any atom is -0.217 e. The third-order valence-electron chi connectivity index (χ3n) is 1.38. The van der Waals surface area contributed by atoms with Crippen LogP contribution in [0.2, 0.25) is 5.02 Å². The minimum absolute atomic E-state index is 0.161. The molecule has 1 rings (SSSR count). The number of alkyl halides is 3. The Morgan fingerprint density at radius 1 is 1.54 bits per heavy atom. The van der Waals surface area contributed by atoms with Gasteiger partial charge >= 0.3 is 0 Å². The molecule has 0 unspecified atom stereocenters. The molecule has 72 valence electrons. The monoisotopic (exact) mass is 273 g/mol. The zero-order valence-electron chi connectivity index (χ0n) is 6.20. The van der Waals surface area contributed by atoms with E-state index in [2.05, 4.69) is 20.9 Å². The van der Waals surface area contributed by atoms with Gasteiger partial charge in [-0.15, -0.1) is 0 Å². The molecule has 1 aromatic rings. The Morgan fingerprint density at radius 2 is 2.15 bits per heavy atom. The second-order valence-corrected chi connectivity index (χ2v) is 3.21. The van der Waals surface area contributed by atoms with E-state index in [-0.39, 0.29) is 15.9 Å². The van der Waals surface area contributed by atoms with Crippen molar-refractivity contribution in [2.75, 3.05) is 0 Å². The van der Waals surface area contributed by atoms with Crippen LogP contribution in [0.25, 0.3) is 0 Å². The normalized spacial score (nSPS) is 10.9. The molecule has 1 nitrogen and oxygen atoms in total. The lowest BCUT2D eigenvalue weighted by Crippen LogP contribution is -1.98. The molecule has 0 bridgehead atoms. The Balaban J connectivity index is 3.20. The van der Waals surface area contributed by atoms with Gasteiger partial charge < -0.3 is 0 Å². The highest BCUT2D eigenvalue weighted by atomic mass is 79.9. The van der Waals surface area contributed by atoms with Crippen molar-refractivity contribution in [1.82, 2.24) is 4.98 Å². The van der Waals surface area contributed by atoms with Crippen LogP contribution >= 0.6 is 27.5 Å². The minimum atomic E-state index is -2.86. The van der Waals surface area contributed by atoms with E-state index in [4.69, 9.17) is 11.6 Å². The predicted octanol–water partition coefficient (Wildman–Crippen LogP) is 3.71. The number of rotatable bonds is 2. The van der Waals surface area contributed by atoms with Crippen LogP contribution < -0.4 is 0 Å². The molecule has 6 heteroatoms. The van der Waals surface area contributed by atoms with E-state index in [0.29, 0.717) is 0 Å². The zero-order valence-corrected chi connectivity index (χ0v) is 8.54. The largest absolute Gasteiger partial charge is 0.281 e. The van der Waals surface area contributed by atoms with Crippen molar-refractivity contribution in [3.05, 3.63) is 28.3 Å². The van der Waals surface area contributed by atoms with Crippen LogP contribution in [0, 0.1) is 5.95 Å². The van der Waals surface area contributed by atoms with E-state index in [1.165, 1.54) is 0 Å². The van der Waals surface area contributed by atoms with Crippen LogP contribution in [0.3, 0.4) is 0 Å². The number of hydrogen-bond acceptors (Lipinski definition) is 1. The van der Waals surface area contributed by atoms with Gasteiger partial charge in [-0.25, -0.2) is 13.8 Å². The summed E-state index contributed by atoms with van der Waals surface area (Å²) >= 11 is 8.42. The van der Waals surface area contributed by atoms with E-state index in [0.717, 1.165) is 6.07 Å². The number of halogens is 5. The molecule has 0 fully saturated rings. The molecule has 0 N–H and O–H groups in total. The molecule has 0 radical (unpaired) electrons. The first-order chi connectivity index (χ1) is 6.06. The summed E-state index contributed by atoms with van der Waals surface area (Å²) in [5.74, 6) is -0.920. The molecule has 0 atom stereocenters. The van der Waals surface area contributed by atoms with Gasteiger partial charge in [0.05, 0.1) is 5.02 Å². The van der Waals surface area contributed by atoms with Crippen molar-refractivity contribution in [3.8, 4) is 0 Å². The summed E-state index contributed by atoms with van der Waals surface area (Å²) in [5, 5.41) is -0.0273. The van der Waals surface area contributed by atoms with Crippen LogP contribution in [0.4, 0.5) is 13.2 Å². The topological polar surface area (TPSA) is 12.9 Å². The quantitative estimate of drug-likeness (QED) is 0.592. The van der Waals surface area contributed by atoms with Gasteiger partial charge in [0.2, 0.25) is 5.95 Å². The van der Waals surface area contributed by atoms with Crippen LogP contribution in [0.15, 0.2) is 6.07 Å². The smallest absolute Gasteiger partial charge is 0.217 e. The molecule has 0 amide bonds. The Hall–Kier alpha value is -0.290. The molecule has 1 aromatic heterocycles. The lowest BCUT2D eigenvalue weighted by molar-refractivity contribution is 0.145. The maximum Gasteiger partial charge on any atom is 0.281 e. The molecule has 1 heterocycles. The maximum atomic E-state index is 12.9. The van der Waals surface area contributed by atoms with Gasteiger partial charge in [0, 0.05) is 10.9 Å². The van der Waals surface area contributed by atoms with E-state index < -0.39 is 18.1 Å². The number of hydrogen-bond donors (Lipinski definition) is 0. The van der Waals surface area contributed by atoms with Gasteiger partial charge in [-0.05, 0) is 6.07 Å². The van der Waals surface area contributed by atoms with Gasteiger partial charge in [-0.2, -0.15) is 4.39 Å². The molecule has 0 saturated carbocycles. The van der Waals surface area contributed by atoms with Gasteiger partial charge in [0.1, 0.15) is 5.69 Å². The highest BCUT2D eigenvalue weighted by Crippen LogP contribution is 2.27. The highest BCUT2D eigenvalue weighted by molar-refractivity contribution is 9.08. The fraction of sp³-hybridized carbons (Fsp3) is 0.286. The van der Waals surface area contributed by atoms with Gasteiger partial charge in [-0.1, -0.05) is 27.5 Å². The van der Waals surface area contributed by atoms with Crippen molar-refractivity contribution in [2.24, 2.45) is 0 Å². The van der Waals surface area contributed by atoms with Crippen molar-refractivity contribution < 1.29 is 13.2 Å². The summed E-state index contributed by atoms with van der Waals surface area (Å²) < 4.78 is 37.1. The lowest BCUT2D eigenvalue weighted by atomic mass is 10.2. The third-order valence-corrected chi connectivity index (χ3v) is 2.29. The number of aromatic nitrogens is 1. The predicted molar refractivity (Wildman–Crippen MR) is 46.8 cm³/mol. The average Bonchev–Trinajstić information content (AvgIpc) is 2.07. The molecule has 0 aliphatic rings. The summed E-state index contributed by atoms with van der Waals surface area (Å²) in [6, 6.07) is 1.14. The molecule has 13 heavy (non-hydrogen) atoms. The summed E-state index contributed by atoms with van der Waals surface area (Å²) in [4.78, 5) is 3.06. The first kappa shape index (κ1) is 10.8. The number of pyridine rings is 1. The molecule has 0 spiro atoms. The van der Waals surface area contributed by atoms with Crippen molar-refractivity contribution in [3.63, 3.8) is 0 Å². The zero-order chi connectivity index (χ0) is 10.0. The van der Waals surface area contributed by atoms with E-state index in [9.17, 15) is 13.2 Å². The average molecular weight is 274 g/mol. The van der Waals surface area contributed by atoms with E-state index in [1.807, 2.05) is 0 Å². The first-order valence-corrected chi connectivity index (χ1v) is 4.75. The summed E-state index contributed by atoms with van der Waals surface area (Å²) in [6.45, 7) is 0. The highest BCUT2D eigenvalue weighted by Gasteiger charge is 2.17. The van der Waals surface area contributed by atoms with Crippen LogP contribution in [0.5, 0.6) is 0 Å². The Kier molecular flexibility index (Phi) is 3.55. The van der Waals surface area contributed by atoms with E-state index >= 15 is 0 Å². The molecule has 0 aliphatic heterocycles. The summed E-state index contributed by atoms with van der Waals surface area (Å²) in [6.07, 6.45) is -2.86. The standard InChI is InChI=1S/C7H4BrClF3N/c8-2-3-1-4(9)5(6(10)11)13-7(3)12/h1,6H,2H2. The number of nitrogens with zero attached hydrogens (tertiary/aromatic N) is 1. The van der Waals surface area contributed by atoms with Crippen molar-refractivity contribution in [2.45, 2.75) is 11.8 Å². The summed E-state index contributed by atoms with van der Waals surface area (Å²) in [5.41, 5.74) is -0.557. The van der Waals surface area contributed by atoms with Crippen molar-refractivity contribution >= 4 is 27.5 Å². The van der Waals surface area contributed by atoms with Crippen molar-refractivity contribution in [1.29, 1.82) is 0 Å². The van der Waals surface area contributed by atoms with Gasteiger partial charge in [-0.3, -0.25) is 0 Å². The van der Waals surface area contributed by atoms with Crippen LogP contribution in [0.1, 0.15) is 17.7 Å².